The predicted molar refractivity (Wildman–Crippen MR) is 112 cm³/mol. The van der Waals surface area contributed by atoms with Gasteiger partial charge in [0.05, 0.1) is 18.5 Å². The fourth-order valence-electron chi connectivity index (χ4n) is 2.00. The van der Waals surface area contributed by atoms with E-state index in [1.54, 1.807) is 6.92 Å². The lowest BCUT2D eigenvalue weighted by Gasteiger charge is -2.18. The number of hydrogen-bond donors (Lipinski definition) is 1. The van der Waals surface area contributed by atoms with E-state index in [0.717, 1.165) is 6.04 Å². The molecule has 7 nitrogen and oxygen atoms in total. The summed E-state index contributed by atoms with van der Waals surface area (Å²) < 4.78 is 12.2. The van der Waals surface area contributed by atoms with Crippen LogP contribution in [0.2, 0.25) is 25.7 Å². The van der Waals surface area contributed by atoms with Crippen LogP contribution in [0.3, 0.4) is 0 Å². The summed E-state index contributed by atoms with van der Waals surface area (Å²) >= 11 is 5.34. The Kier molecular flexibility index (Phi) is 8.29. The minimum absolute atomic E-state index is 0.0106. The van der Waals surface area contributed by atoms with Crippen molar-refractivity contribution in [2.45, 2.75) is 39.5 Å². The Hall–Kier alpha value is -0.723. The van der Waals surface area contributed by atoms with Crippen molar-refractivity contribution in [3.8, 4) is 5.75 Å². The van der Waals surface area contributed by atoms with Crippen LogP contribution < -0.4 is 10.1 Å². The maximum Gasteiger partial charge on any atom is 0.300 e. The Morgan fingerprint density at radius 1 is 1.40 bits per heavy atom. The molecule has 1 aromatic carbocycles. The van der Waals surface area contributed by atoms with Gasteiger partial charge in [0.1, 0.15) is 11.4 Å². The van der Waals surface area contributed by atoms with Crippen LogP contribution in [0.5, 0.6) is 5.75 Å². The van der Waals surface area contributed by atoms with Gasteiger partial charge in [0.2, 0.25) is 5.91 Å². The Balaban J connectivity index is 3.05. The molecule has 0 fully saturated rings. The highest BCUT2D eigenvalue weighted by atomic mass is 127. The zero-order valence-electron chi connectivity index (χ0n) is 14.9. The number of rotatable bonds is 8. The number of ether oxygens (including phenoxy) is 2. The van der Waals surface area contributed by atoms with Crippen molar-refractivity contribution in [1.29, 1.82) is 0 Å². The molecule has 0 aromatic heterocycles. The molecule has 25 heavy (non-hydrogen) atoms. The number of nitrogens with one attached hydrogen (secondary N) is 1. The summed E-state index contributed by atoms with van der Waals surface area (Å²) in [6.45, 7) is 10.3. The number of nitro groups is 1. The third kappa shape index (κ3) is 6.50. The third-order valence-electron chi connectivity index (χ3n) is 3.31. The first-order valence-electron chi connectivity index (χ1n) is 7.59. The Morgan fingerprint density at radius 2 is 2.00 bits per heavy atom. The Morgan fingerprint density at radius 3 is 2.48 bits per heavy atom. The summed E-state index contributed by atoms with van der Waals surface area (Å²) in [6, 6.07) is 1.01. The lowest BCUT2D eigenvalue weighted by atomic mass is 10.1. The van der Waals surface area contributed by atoms with Crippen LogP contribution in [0.25, 0.3) is 0 Å². The molecular formula is C15H22BrIN2O5Si. The summed E-state index contributed by atoms with van der Waals surface area (Å²) in [5.41, 5.74) is 0.309. The van der Waals surface area contributed by atoms with Gasteiger partial charge in [-0.2, -0.15) is 0 Å². The molecule has 1 N–H and O–H groups in total. The topological polar surface area (TPSA) is 90.7 Å². The number of hydrogen-bond acceptors (Lipinski definition) is 5. The number of carbonyl (C=O) groups excluding carboxylic acids is 1. The van der Waals surface area contributed by atoms with Gasteiger partial charge in [0.15, 0.2) is 6.79 Å². The normalized spacial score (nSPS) is 11.3. The predicted octanol–water partition coefficient (Wildman–Crippen LogP) is 4.92. The van der Waals surface area contributed by atoms with Gasteiger partial charge < -0.3 is 14.8 Å². The van der Waals surface area contributed by atoms with Crippen LogP contribution in [-0.2, 0) is 9.53 Å². The quantitative estimate of drug-likeness (QED) is 0.125. The maximum absolute atomic E-state index is 11.5. The van der Waals surface area contributed by atoms with E-state index in [1.165, 1.54) is 6.92 Å². The average Bonchev–Trinajstić information content (AvgIpc) is 2.45. The molecule has 140 valence electrons. The summed E-state index contributed by atoms with van der Waals surface area (Å²) in [5, 5.41) is 14.0. The molecular weight excluding hydrogens is 523 g/mol. The first-order valence-corrected chi connectivity index (χ1v) is 13.2. The van der Waals surface area contributed by atoms with E-state index in [0.29, 0.717) is 26.0 Å². The Labute approximate surface area is 170 Å². The summed E-state index contributed by atoms with van der Waals surface area (Å²) in [5.74, 6) is -0.0335. The minimum atomic E-state index is -1.18. The van der Waals surface area contributed by atoms with Crippen molar-refractivity contribution >= 4 is 63.9 Å². The molecule has 0 saturated carbocycles. The van der Waals surface area contributed by atoms with Gasteiger partial charge >= 0.3 is 5.69 Å². The second-order valence-electron chi connectivity index (χ2n) is 6.73. The van der Waals surface area contributed by atoms with Crippen molar-refractivity contribution < 1.29 is 19.2 Å². The first-order chi connectivity index (χ1) is 11.5. The smallest absolute Gasteiger partial charge is 0.300 e. The van der Waals surface area contributed by atoms with E-state index >= 15 is 0 Å². The zero-order chi connectivity index (χ0) is 19.4. The molecule has 1 rings (SSSR count). The maximum atomic E-state index is 11.5. The van der Waals surface area contributed by atoms with Crippen LogP contribution in [0.1, 0.15) is 12.5 Å². The highest BCUT2D eigenvalue weighted by molar-refractivity contribution is 14.1. The standard InChI is InChI=1S/C15H22BrIN2O5Si/c1-9-14(19(21)22)13(18-10(2)20)12(17)11(16)15(9)24-8-23-6-7-25(3,4)5/h6-8H2,1-5H3,(H,18,20). The number of amides is 1. The molecule has 0 saturated heterocycles. The molecule has 0 radical (unpaired) electrons. The number of benzene rings is 1. The van der Waals surface area contributed by atoms with Gasteiger partial charge in [-0.05, 0) is 51.5 Å². The average molecular weight is 545 g/mol. The van der Waals surface area contributed by atoms with Gasteiger partial charge in [-0.15, -0.1) is 0 Å². The van der Waals surface area contributed by atoms with Crippen molar-refractivity contribution in [1.82, 2.24) is 0 Å². The Bertz CT molecular complexity index is 679. The van der Waals surface area contributed by atoms with Crippen molar-refractivity contribution in [3.05, 3.63) is 23.7 Å². The van der Waals surface area contributed by atoms with Gasteiger partial charge in [-0.3, -0.25) is 14.9 Å². The fourth-order valence-corrected chi connectivity index (χ4v) is 4.00. The van der Waals surface area contributed by atoms with E-state index in [9.17, 15) is 14.9 Å². The van der Waals surface area contributed by atoms with Gasteiger partial charge in [-0.1, -0.05) is 19.6 Å². The van der Waals surface area contributed by atoms with E-state index < -0.39 is 13.0 Å². The number of halogens is 2. The van der Waals surface area contributed by atoms with E-state index in [4.69, 9.17) is 9.47 Å². The summed E-state index contributed by atoms with van der Waals surface area (Å²) in [6.07, 6.45) is 0. The third-order valence-corrected chi connectivity index (χ3v) is 7.59. The first kappa shape index (κ1) is 22.3. The summed E-state index contributed by atoms with van der Waals surface area (Å²) in [4.78, 5) is 22.3. The highest BCUT2D eigenvalue weighted by Gasteiger charge is 2.28. The van der Waals surface area contributed by atoms with E-state index in [1.807, 2.05) is 22.6 Å². The lowest BCUT2D eigenvalue weighted by molar-refractivity contribution is -0.384. The number of nitrogens with zero attached hydrogens (tertiary/aromatic N) is 1. The van der Waals surface area contributed by atoms with E-state index in [-0.39, 0.29) is 24.1 Å². The largest absolute Gasteiger partial charge is 0.466 e. The van der Waals surface area contributed by atoms with Gasteiger partial charge in [0.25, 0.3) is 0 Å². The fraction of sp³-hybridized carbons (Fsp3) is 0.533. The molecule has 0 unspecified atom stereocenters. The molecule has 0 heterocycles. The van der Waals surface area contributed by atoms with Crippen molar-refractivity contribution in [2.75, 3.05) is 18.7 Å². The van der Waals surface area contributed by atoms with Crippen molar-refractivity contribution in [2.24, 2.45) is 0 Å². The second-order valence-corrected chi connectivity index (χ2v) is 14.2. The van der Waals surface area contributed by atoms with Crippen LogP contribution in [-0.4, -0.2) is 32.3 Å². The minimum Gasteiger partial charge on any atom is -0.466 e. The molecule has 1 amide bonds. The van der Waals surface area contributed by atoms with Crippen LogP contribution >= 0.6 is 38.5 Å². The monoisotopic (exact) mass is 544 g/mol. The highest BCUT2D eigenvalue weighted by Crippen LogP contribution is 2.45. The van der Waals surface area contributed by atoms with E-state index in [2.05, 4.69) is 40.9 Å². The van der Waals surface area contributed by atoms with Crippen LogP contribution in [0, 0.1) is 20.6 Å². The molecule has 0 aliphatic rings. The molecule has 0 atom stereocenters. The summed E-state index contributed by atoms with van der Waals surface area (Å²) in [7, 11) is -1.18. The number of carbonyl (C=O) groups is 1. The molecule has 10 heteroatoms. The van der Waals surface area contributed by atoms with Gasteiger partial charge in [0, 0.05) is 21.6 Å². The molecule has 0 aliphatic carbocycles. The molecule has 0 spiro atoms. The molecule has 1 aromatic rings. The molecule has 0 aliphatic heterocycles. The van der Waals surface area contributed by atoms with Crippen LogP contribution in [0.4, 0.5) is 11.4 Å². The van der Waals surface area contributed by atoms with Gasteiger partial charge in [-0.25, -0.2) is 0 Å². The van der Waals surface area contributed by atoms with Crippen LogP contribution in [0.15, 0.2) is 4.47 Å². The number of nitro benzene ring substituents is 1. The lowest BCUT2D eigenvalue weighted by Crippen LogP contribution is -2.22. The zero-order valence-corrected chi connectivity index (χ0v) is 19.6. The number of anilines is 1. The van der Waals surface area contributed by atoms with Crippen molar-refractivity contribution in [3.63, 3.8) is 0 Å². The second kappa shape index (κ2) is 9.28. The SMILES string of the molecule is CC(=O)Nc1c(I)c(Br)c(OCOCC[Si](C)(C)C)c(C)c1[N+](=O)[O-]. The molecule has 0 bridgehead atoms.